The Morgan fingerprint density at radius 3 is 2.21 bits per heavy atom. The molecule has 0 saturated carbocycles. The Hall–Kier alpha value is -1.14. The van der Waals surface area contributed by atoms with Crippen molar-refractivity contribution in [3.8, 4) is 5.75 Å². The second-order valence-electron chi connectivity index (χ2n) is 7.66. The average molecular weight is 411 g/mol. The summed E-state index contributed by atoms with van der Waals surface area (Å²) in [5.41, 5.74) is 0. The molecular weight excluding hydrogens is 368 g/mol. The Morgan fingerprint density at radius 1 is 0.793 bits per heavy atom. The van der Waals surface area contributed by atoms with Gasteiger partial charge in [-0.2, -0.15) is 0 Å². The van der Waals surface area contributed by atoms with Crippen molar-refractivity contribution in [2.24, 2.45) is 0 Å². The summed E-state index contributed by atoms with van der Waals surface area (Å²) >= 11 is 0. The van der Waals surface area contributed by atoms with Crippen molar-refractivity contribution >= 4 is 0 Å². The molecule has 0 radical (unpaired) electrons. The molecule has 1 rings (SSSR count). The van der Waals surface area contributed by atoms with E-state index in [2.05, 4.69) is 6.92 Å². The number of hydrogen-bond acceptors (Lipinski definition) is 5. The summed E-state index contributed by atoms with van der Waals surface area (Å²) in [7, 11) is 0. The molecular formula is C24H42O5. The molecule has 0 fully saturated rings. The molecule has 0 heterocycles. The van der Waals surface area contributed by atoms with E-state index in [1.165, 1.54) is 38.5 Å². The van der Waals surface area contributed by atoms with Crippen LogP contribution in [0.25, 0.3) is 0 Å². The molecule has 0 aliphatic carbocycles. The Balaban J connectivity index is 2.25. The number of hydrogen-bond donors (Lipinski definition) is 2. The second-order valence-corrected chi connectivity index (χ2v) is 7.66. The van der Waals surface area contributed by atoms with E-state index >= 15 is 0 Å². The molecule has 0 bridgehead atoms. The number of unbranched alkanes of at least 4 members (excludes halogenated alkanes) is 7. The predicted octanol–water partition coefficient (Wildman–Crippen LogP) is 4.74. The van der Waals surface area contributed by atoms with E-state index in [-0.39, 0.29) is 25.9 Å². The number of ether oxygens (including phenoxy) is 3. The highest BCUT2D eigenvalue weighted by atomic mass is 16.5. The summed E-state index contributed by atoms with van der Waals surface area (Å²) in [6, 6.07) is 9.85. The van der Waals surface area contributed by atoms with Gasteiger partial charge in [-0.15, -0.1) is 0 Å². The summed E-state index contributed by atoms with van der Waals surface area (Å²) in [6.07, 6.45) is 10.7. The molecule has 5 heteroatoms. The van der Waals surface area contributed by atoms with Gasteiger partial charge >= 0.3 is 0 Å². The minimum atomic E-state index is -0.639. The maximum absolute atomic E-state index is 9.99. The van der Waals surface area contributed by atoms with Gasteiger partial charge in [-0.3, -0.25) is 0 Å². The van der Waals surface area contributed by atoms with Crippen molar-refractivity contribution in [1.29, 1.82) is 0 Å². The Kier molecular flexibility index (Phi) is 16.8. The standard InChI is InChI=1S/C24H42O5/c1-2-3-4-5-6-7-9-16-24(29-23-14-10-8-11-15-23)21-28-20-22(26)19-27-18-13-12-17-25/h8,10-11,14-15,22,24-26H,2-7,9,12-13,16-21H2,1H3. The summed E-state index contributed by atoms with van der Waals surface area (Å²) < 4.78 is 17.2. The molecule has 0 saturated heterocycles. The highest BCUT2D eigenvalue weighted by molar-refractivity contribution is 5.21. The lowest BCUT2D eigenvalue weighted by Gasteiger charge is -2.20. The average Bonchev–Trinajstić information content (AvgIpc) is 2.73. The lowest BCUT2D eigenvalue weighted by molar-refractivity contribution is -0.0372. The SMILES string of the molecule is CCCCCCCCCC(COCC(O)COCCCCO)Oc1ccccc1. The molecule has 1 aromatic rings. The van der Waals surface area contributed by atoms with Crippen LogP contribution >= 0.6 is 0 Å². The molecule has 0 amide bonds. The van der Waals surface area contributed by atoms with E-state index < -0.39 is 6.10 Å². The zero-order chi connectivity index (χ0) is 21.0. The van der Waals surface area contributed by atoms with Gasteiger partial charge in [-0.25, -0.2) is 0 Å². The van der Waals surface area contributed by atoms with E-state index in [0.29, 0.717) is 13.2 Å². The molecule has 0 aliphatic heterocycles. The van der Waals surface area contributed by atoms with Crippen LogP contribution in [0.4, 0.5) is 0 Å². The fourth-order valence-corrected chi connectivity index (χ4v) is 3.12. The Labute approximate surface area is 177 Å². The maximum atomic E-state index is 9.99. The number of para-hydroxylation sites is 1. The molecule has 2 unspecified atom stereocenters. The number of benzene rings is 1. The first-order chi connectivity index (χ1) is 14.3. The van der Waals surface area contributed by atoms with Crippen LogP contribution < -0.4 is 4.74 Å². The van der Waals surface area contributed by atoms with Gasteiger partial charge in [0.15, 0.2) is 0 Å². The summed E-state index contributed by atoms with van der Waals surface area (Å²) in [5, 5.41) is 18.7. The van der Waals surface area contributed by atoms with E-state index in [1.54, 1.807) is 0 Å². The first kappa shape index (κ1) is 25.9. The third-order valence-corrected chi connectivity index (χ3v) is 4.80. The van der Waals surface area contributed by atoms with Gasteiger partial charge in [0.05, 0.1) is 19.8 Å². The maximum Gasteiger partial charge on any atom is 0.122 e. The summed E-state index contributed by atoms with van der Waals surface area (Å²) in [5.74, 6) is 0.858. The van der Waals surface area contributed by atoms with Gasteiger partial charge in [-0.05, 0) is 37.8 Å². The van der Waals surface area contributed by atoms with E-state index in [1.807, 2.05) is 30.3 Å². The van der Waals surface area contributed by atoms with Crippen LogP contribution in [0.5, 0.6) is 5.75 Å². The van der Waals surface area contributed by atoms with Gasteiger partial charge in [0, 0.05) is 13.2 Å². The number of aliphatic hydroxyl groups is 2. The summed E-state index contributed by atoms with van der Waals surface area (Å²) in [4.78, 5) is 0. The van der Waals surface area contributed by atoms with Gasteiger partial charge < -0.3 is 24.4 Å². The zero-order valence-electron chi connectivity index (χ0n) is 18.3. The molecule has 0 aromatic heterocycles. The fourth-order valence-electron chi connectivity index (χ4n) is 3.12. The van der Waals surface area contributed by atoms with Crippen LogP contribution in [0, 0.1) is 0 Å². The normalized spacial score (nSPS) is 13.3. The first-order valence-corrected chi connectivity index (χ1v) is 11.4. The molecule has 1 aromatic carbocycles. The van der Waals surface area contributed by atoms with Crippen molar-refractivity contribution < 1.29 is 24.4 Å². The highest BCUT2D eigenvalue weighted by Gasteiger charge is 2.13. The first-order valence-electron chi connectivity index (χ1n) is 11.4. The molecule has 29 heavy (non-hydrogen) atoms. The lowest BCUT2D eigenvalue weighted by atomic mass is 10.1. The molecule has 0 aliphatic rings. The third-order valence-electron chi connectivity index (χ3n) is 4.80. The quantitative estimate of drug-likeness (QED) is 0.304. The van der Waals surface area contributed by atoms with Gasteiger partial charge in [0.1, 0.15) is 18.0 Å². The van der Waals surface area contributed by atoms with Gasteiger partial charge in [-0.1, -0.05) is 63.6 Å². The van der Waals surface area contributed by atoms with Crippen LogP contribution in [-0.4, -0.2) is 55.5 Å². The lowest BCUT2D eigenvalue weighted by Crippen LogP contribution is -2.28. The topological polar surface area (TPSA) is 68.2 Å². The largest absolute Gasteiger partial charge is 0.488 e. The van der Waals surface area contributed by atoms with Crippen molar-refractivity contribution in [3.05, 3.63) is 30.3 Å². The van der Waals surface area contributed by atoms with Crippen LogP contribution in [0.2, 0.25) is 0 Å². The highest BCUT2D eigenvalue weighted by Crippen LogP contribution is 2.16. The minimum Gasteiger partial charge on any atom is -0.488 e. The molecule has 2 atom stereocenters. The Bertz CT molecular complexity index is 454. The van der Waals surface area contributed by atoms with Gasteiger partial charge in [0.2, 0.25) is 0 Å². The third kappa shape index (κ3) is 15.4. The fraction of sp³-hybridized carbons (Fsp3) is 0.750. The van der Waals surface area contributed by atoms with Crippen molar-refractivity contribution in [2.75, 3.05) is 33.0 Å². The van der Waals surface area contributed by atoms with Crippen LogP contribution in [0.1, 0.15) is 71.1 Å². The van der Waals surface area contributed by atoms with E-state index in [9.17, 15) is 5.11 Å². The van der Waals surface area contributed by atoms with Crippen LogP contribution in [0.15, 0.2) is 30.3 Å². The smallest absolute Gasteiger partial charge is 0.122 e. The van der Waals surface area contributed by atoms with Gasteiger partial charge in [0.25, 0.3) is 0 Å². The van der Waals surface area contributed by atoms with Crippen molar-refractivity contribution in [2.45, 2.75) is 83.3 Å². The number of rotatable bonds is 20. The minimum absolute atomic E-state index is 0.00860. The van der Waals surface area contributed by atoms with E-state index in [4.69, 9.17) is 19.3 Å². The van der Waals surface area contributed by atoms with Crippen molar-refractivity contribution in [3.63, 3.8) is 0 Å². The number of aliphatic hydroxyl groups excluding tert-OH is 2. The van der Waals surface area contributed by atoms with E-state index in [0.717, 1.165) is 31.4 Å². The monoisotopic (exact) mass is 410 g/mol. The Morgan fingerprint density at radius 2 is 1.48 bits per heavy atom. The summed E-state index contributed by atoms with van der Waals surface area (Å²) in [6.45, 7) is 3.93. The second kappa shape index (κ2) is 18.9. The molecule has 5 nitrogen and oxygen atoms in total. The zero-order valence-corrected chi connectivity index (χ0v) is 18.3. The predicted molar refractivity (Wildman–Crippen MR) is 117 cm³/mol. The molecule has 0 spiro atoms. The van der Waals surface area contributed by atoms with Crippen molar-refractivity contribution in [1.82, 2.24) is 0 Å². The van der Waals surface area contributed by atoms with Crippen LogP contribution in [0.3, 0.4) is 0 Å². The molecule has 168 valence electrons. The van der Waals surface area contributed by atoms with Crippen LogP contribution in [-0.2, 0) is 9.47 Å². The molecule has 2 N–H and O–H groups in total.